The summed E-state index contributed by atoms with van der Waals surface area (Å²) < 4.78 is 0. The van der Waals surface area contributed by atoms with Crippen LogP contribution in [0.2, 0.25) is 5.15 Å². The molecule has 3 unspecified atom stereocenters. The minimum absolute atomic E-state index is 0.316. The second kappa shape index (κ2) is 3.70. The number of hydrogen-bond acceptors (Lipinski definition) is 4. The summed E-state index contributed by atoms with van der Waals surface area (Å²) in [7, 11) is 0. The lowest BCUT2D eigenvalue weighted by molar-refractivity contribution is 0.140. The van der Waals surface area contributed by atoms with Crippen LogP contribution in [0.1, 0.15) is 24.6 Å². The van der Waals surface area contributed by atoms with Crippen LogP contribution in [0.4, 0.5) is 0 Å². The number of hydrogen-bond donors (Lipinski definition) is 1. The van der Waals surface area contributed by atoms with Crippen LogP contribution in [0, 0.1) is 5.92 Å². The quantitative estimate of drug-likeness (QED) is 0.783. The van der Waals surface area contributed by atoms with E-state index in [4.69, 9.17) is 11.6 Å². The third-order valence-corrected chi connectivity index (χ3v) is 3.39. The van der Waals surface area contributed by atoms with Crippen molar-refractivity contribution in [2.45, 2.75) is 18.9 Å². The molecule has 4 nitrogen and oxygen atoms in total. The van der Waals surface area contributed by atoms with Gasteiger partial charge < -0.3 is 0 Å². The highest BCUT2D eigenvalue weighted by atomic mass is 35.5. The third-order valence-electron chi connectivity index (χ3n) is 3.19. The molecular formula is C10H13ClN4. The molecule has 2 bridgehead atoms. The molecule has 15 heavy (non-hydrogen) atoms. The molecule has 1 aromatic rings. The fourth-order valence-electron chi connectivity index (χ4n) is 2.44. The fourth-order valence-corrected chi connectivity index (χ4v) is 2.54. The molecule has 3 rings (SSSR count). The van der Waals surface area contributed by atoms with Gasteiger partial charge in [0.15, 0.2) is 0 Å². The average molecular weight is 225 g/mol. The van der Waals surface area contributed by atoms with Gasteiger partial charge in [0.25, 0.3) is 0 Å². The first-order valence-electron chi connectivity index (χ1n) is 5.30. The van der Waals surface area contributed by atoms with E-state index in [1.54, 1.807) is 12.4 Å². The molecule has 0 radical (unpaired) electrons. The van der Waals surface area contributed by atoms with Gasteiger partial charge in [-0.15, -0.1) is 0 Å². The minimum atomic E-state index is 0.316. The molecule has 2 aliphatic rings. The maximum absolute atomic E-state index is 5.72. The zero-order valence-corrected chi connectivity index (χ0v) is 9.11. The summed E-state index contributed by atoms with van der Waals surface area (Å²) >= 11 is 5.72. The minimum Gasteiger partial charge on any atom is -0.255 e. The van der Waals surface area contributed by atoms with E-state index >= 15 is 0 Å². The third kappa shape index (κ3) is 1.85. The molecule has 0 aromatic carbocycles. The topological polar surface area (TPSA) is 41.1 Å². The maximum Gasteiger partial charge on any atom is 0.147 e. The summed E-state index contributed by atoms with van der Waals surface area (Å²) in [6.07, 6.45) is 5.84. The van der Waals surface area contributed by atoms with Gasteiger partial charge in [-0.2, -0.15) is 0 Å². The molecule has 0 amide bonds. The van der Waals surface area contributed by atoms with Gasteiger partial charge in [0.1, 0.15) is 5.15 Å². The smallest absolute Gasteiger partial charge is 0.147 e. The molecule has 2 aliphatic heterocycles. The van der Waals surface area contributed by atoms with E-state index in [9.17, 15) is 0 Å². The van der Waals surface area contributed by atoms with Crippen LogP contribution in [-0.4, -0.2) is 28.1 Å². The van der Waals surface area contributed by atoms with Crippen LogP contribution in [0.5, 0.6) is 0 Å². The Kier molecular flexibility index (Phi) is 2.35. The molecule has 0 spiro atoms. The Balaban J connectivity index is 1.80. The van der Waals surface area contributed by atoms with Crippen LogP contribution in [0.3, 0.4) is 0 Å². The number of nitrogens with zero attached hydrogens (tertiary/aromatic N) is 3. The summed E-state index contributed by atoms with van der Waals surface area (Å²) in [5.74, 6) is 0.814. The lowest BCUT2D eigenvalue weighted by Gasteiger charge is -2.30. The molecule has 2 saturated heterocycles. The molecule has 5 heteroatoms. The predicted octanol–water partition coefficient (Wildman–Crippen LogP) is 1.40. The highest BCUT2D eigenvalue weighted by molar-refractivity contribution is 6.29. The number of fused-ring (bicyclic) bond motifs is 2. The van der Waals surface area contributed by atoms with E-state index in [0.717, 1.165) is 24.6 Å². The van der Waals surface area contributed by atoms with Gasteiger partial charge in [-0.3, -0.25) is 4.98 Å². The molecule has 0 aliphatic carbocycles. The van der Waals surface area contributed by atoms with Crippen LogP contribution >= 0.6 is 11.6 Å². The molecular weight excluding hydrogens is 212 g/mol. The summed E-state index contributed by atoms with van der Waals surface area (Å²) in [6.45, 7) is 2.33. The highest BCUT2D eigenvalue weighted by Gasteiger charge is 2.33. The van der Waals surface area contributed by atoms with E-state index in [1.807, 2.05) is 0 Å². The van der Waals surface area contributed by atoms with Crippen molar-refractivity contribution in [3.63, 3.8) is 0 Å². The lowest BCUT2D eigenvalue weighted by Crippen LogP contribution is -2.43. The maximum atomic E-state index is 5.72. The average Bonchev–Trinajstić information content (AvgIpc) is 2.59. The summed E-state index contributed by atoms with van der Waals surface area (Å²) in [5, 5.41) is 2.74. The molecule has 0 saturated carbocycles. The Morgan fingerprint density at radius 1 is 1.40 bits per heavy atom. The van der Waals surface area contributed by atoms with Crippen molar-refractivity contribution in [1.29, 1.82) is 0 Å². The fraction of sp³-hybridized carbons (Fsp3) is 0.600. The SMILES string of the molecule is Clc1cnc(C2CC3CCN(C3)N2)cn1. The molecule has 1 aromatic heterocycles. The Morgan fingerprint density at radius 2 is 2.33 bits per heavy atom. The largest absolute Gasteiger partial charge is 0.255 e. The Hall–Kier alpha value is -0.710. The number of aromatic nitrogens is 2. The second-order valence-corrected chi connectivity index (χ2v) is 4.67. The normalized spacial score (nSPS) is 34.3. The Morgan fingerprint density at radius 3 is 3.07 bits per heavy atom. The van der Waals surface area contributed by atoms with Gasteiger partial charge >= 0.3 is 0 Å². The zero-order valence-electron chi connectivity index (χ0n) is 8.36. The van der Waals surface area contributed by atoms with Crippen molar-refractivity contribution in [1.82, 2.24) is 20.4 Å². The molecule has 1 N–H and O–H groups in total. The number of rotatable bonds is 1. The molecule has 2 fully saturated rings. The Labute approximate surface area is 93.6 Å². The standard InChI is InChI=1S/C10H13ClN4/c11-10-5-12-9(4-13-10)8-3-7-1-2-15(6-7)14-8/h4-5,7-8,14H,1-3,6H2. The van der Waals surface area contributed by atoms with E-state index < -0.39 is 0 Å². The van der Waals surface area contributed by atoms with Crippen molar-refractivity contribution in [2.24, 2.45) is 5.92 Å². The predicted molar refractivity (Wildman–Crippen MR) is 57.2 cm³/mol. The number of halogens is 1. The van der Waals surface area contributed by atoms with Gasteiger partial charge in [-0.1, -0.05) is 11.6 Å². The van der Waals surface area contributed by atoms with E-state index in [0.29, 0.717) is 11.2 Å². The van der Waals surface area contributed by atoms with Gasteiger partial charge in [0, 0.05) is 13.1 Å². The summed E-state index contributed by atoms with van der Waals surface area (Å²) in [5.41, 5.74) is 4.46. The van der Waals surface area contributed by atoms with Crippen LogP contribution in [0.25, 0.3) is 0 Å². The van der Waals surface area contributed by atoms with Crippen molar-refractivity contribution in [3.8, 4) is 0 Å². The molecule has 3 atom stereocenters. The molecule has 80 valence electrons. The van der Waals surface area contributed by atoms with E-state index in [-0.39, 0.29) is 0 Å². The van der Waals surface area contributed by atoms with E-state index in [2.05, 4.69) is 20.4 Å². The number of hydrazine groups is 1. The lowest BCUT2D eigenvalue weighted by atomic mass is 9.97. The van der Waals surface area contributed by atoms with Crippen molar-refractivity contribution in [2.75, 3.05) is 13.1 Å². The van der Waals surface area contributed by atoms with Crippen LogP contribution in [-0.2, 0) is 0 Å². The number of nitrogens with one attached hydrogen (secondary N) is 1. The first-order valence-corrected chi connectivity index (χ1v) is 5.67. The van der Waals surface area contributed by atoms with Crippen molar-refractivity contribution >= 4 is 11.6 Å². The van der Waals surface area contributed by atoms with Gasteiger partial charge in [-0.05, 0) is 18.8 Å². The van der Waals surface area contributed by atoms with Crippen LogP contribution in [0.15, 0.2) is 12.4 Å². The first-order chi connectivity index (χ1) is 7.31. The molecule has 3 heterocycles. The summed E-state index contributed by atoms with van der Waals surface area (Å²) in [6, 6.07) is 0.316. The zero-order chi connectivity index (χ0) is 10.3. The monoisotopic (exact) mass is 224 g/mol. The van der Waals surface area contributed by atoms with Crippen LogP contribution < -0.4 is 5.43 Å². The van der Waals surface area contributed by atoms with Gasteiger partial charge in [-0.25, -0.2) is 15.4 Å². The summed E-state index contributed by atoms with van der Waals surface area (Å²) in [4.78, 5) is 8.38. The van der Waals surface area contributed by atoms with Crippen molar-refractivity contribution < 1.29 is 0 Å². The van der Waals surface area contributed by atoms with Gasteiger partial charge in [0.05, 0.1) is 24.1 Å². The highest BCUT2D eigenvalue weighted by Crippen LogP contribution is 2.31. The Bertz CT molecular complexity index is 341. The van der Waals surface area contributed by atoms with Crippen molar-refractivity contribution in [3.05, 3.63) is 23.2 Å². The van der Waals surface area contributed by atoms with Gasteiger partial charge in [0.2, 0.25) is 0 Å². The first kappa shape index (κ1) is 9.51. The van der Waals surface area contributed by atoms with E-state index in [1.165, 1.54) is 13.0 Å². The second-order valence-electron chi connectivity index (χ2n) is 4.28.